The van der Waals surface area contributed by atoms with Crippen LogP contribution in [-0.2, 0) is 4.79 Å². The van der Waals surface area contributed by atoms with E-state index in [9.17, 15) is 14.4 Å². The van der Waals surface area contributed by atoms with Crippen LogP contribution in [0.2, 0.25) is 0 Å². The fourth-order valence-corrected chi connectivity index (χ4v) is 2.44. The van der Waals surface area contributed by atoms with Crippen LogP contribution in [-0.4, -0.2) is 29.6 Å². The average Bonchev–Trinajstić information content (AvgIpc) is 2.67. The Morgan fingerprint density at radius 3 is 2.63 bits per heavy atom. The summed E-state index contributed by atoms with van der Waals surface area (Å²) in [6, 6.07) is 16.1. The van der Waals surface area contributed by atoms with E-state index in [1.807, 2.05) is 37.3 Å². The smallest absolute Gasteiger partial charge is 0.259 e. The second-order valence-electron chi connectivity index (χ2n) is 5.98. The lowest BCUT2D eigenvalue weighted by Gasteiger charge is -2.04. The Hall–Kier alpha value is -3.74. The average molecular weight is 362 g/mol. The first-order valence-corrected chi connectivity index (χ1v) is 8.32. The molecule has 1 aromatic heterocycles. The highest BCUT2D eigenvalue weighted by Gasteiger charge is 2.07. The van der Waals surface area contributed by atoms with Crippen LogP contribution in [0, 0.1) is 6.92 Å². The van der Waals surface area contributed by atoms with Gasteiger partial charge in [-0.25, -0.2) is 5.43 Å². The van der Waals surface area contributed by atoms with Crippen molar-refractivity contribution in [1.82, 2.24) is 15.7 Å². The molecule has 0 saturated heterocycles. The van der Waals surface area contributed by atoms with Gasteiger partial charge in [-0.1, -0.05) is 35.9 Å². The van der Waals surface area contributed by atoms with Gasteiger partial charge in [-0.05, 0) is 36.6 Å². The molecule has 2 amide bonds. The molecule has 3 N–H and O–H groups in total. The van der Waals surface area contributed by atoms with Crippen molar-refractivity contribution in [3.63, 3.8) is 0 Å². The zero-order valence-electron chi connectivity index (χ0n) is 14.7. The van der Waals surface area contributed by atoms with E-state index in [2.05, 4.69) is 20.8 Å². The highest BCUT2D eigenvalue weighted by Crippen LogP contribution is 2.08. The number of pyridine rings is 1. The van der Waals surface area contributed by atoms with Crippen LogP contribution in [0.5, 0.6) is 0 Å². The molecule has 3 aromatic rings. The van der Waals surface area contributed by atoms with Crippen molar-refractivity contribution in [3.05, 3.63) is 81.6 Å². The van der Waals surface area contributed by atoms with E-state index in [-0.39, 0.29) is 18.0 Å². The SMILES string of the molecule is Cc1ccc(C(=O)NCC(=O)N/N=C/c2cc3ccccc3[nH]c2=O)cc1. The number of para-hydroxylation sites is 1. The Morgan fingerprint density at radius 1 is 1.11 bits per heavy atom. The Bertz CT molecular complexity index is 1070. The van der Waals surface area contributed by atoms with E-state index in [0.717, 1.165) is 16.5 Å². The molecule has 2 aromatic carbocycles. The minimum atomic E-state index is -0.496. The van der Waals surface area contributed by atoms with Gasteiger partial charge in [-0.15, -0.1) is 0 Å². The van der Waals surface area contributed by atoms with Crippen molar-refractivity contribution in [3.8, 4) is 0 Å². The van der Waals surface area contributed by atoms with Crippen LogP contribution in [0.4, 0.5) is 0 Å². The van der Waals surface area contributed by atoms with Gasteiger partial charge in [0.25, 0.3) is 17.4 Å². The normalized spacial score (nSPS) is 10.9. The molecule has 0 saturated carbocycles. The lowest BCUT2D eigenvalue weighted by atomic mass is 10.1. The van der Waals surface area contributed by atoms with E-state index in [1.54, 1.807) is 24.3 Å². The summed E-state index contributed by atoms with van der Waals surface area (Å²) in [6.07, 6.45) is 1.27. The molecule has 0 fully saturated rings. The molecule has 7 nitrogen and oxygen atoms in total. The van der Waals surface area contributed by atoms with Crippen molar-refractivity contribution in [1.29, 1.82) is 0 Å². The van der Waals surface area contributed by atoms with Crippen LogP contribution in [0.15, 0.2) is 64.5 Å². The third-order valence-electron chi connectivity index (χ3n) is 3.90. The summed E-state index contributed by atoms with van der Waals surface area (Å²) >= 11 is 0. The van der Waals surface area contributed by atoms with Gasteiger partial charge in [0, 0.05) is 11.1 Å². The lowest BCUT2D eigenvalue weighted by Crippen LogP contribution is -2.35. The van der Waals surface area contributed by atoms with Crippen molar-refractivity contribution in [2.75, 3.05) is 6.54 Å². The molecule has 0 atom stereocenters. The maximum Gasteiger partial charge on any atom is 0.259 e. The van der Waals surface area contributed by atoms with Crippen LogP contribution >= 0.6 is 0 Å². The molecule has 0 bridgehead atoms. The molecule has 0 aliphatic rings. The molecule has 1 heterocycles. The number of benzene rings is 2. The topological polar surface area (TPSA) is 103 Å². The number of H-pyrrole nitrogens is 1. The van der Waals surface area contributed by atoms with Crippen LogP contribution in [0.25, 0.3) is 10.9 Å². The number of carbonyl (C=O) groups excluding carboxylic acids is 2. The number of fused-ring (bicyclic) bond motifs is 1. The summed E-state index contributed by atoms with van der Waals surface area (Å²) in [4.78, 5) is 38.5. The second-order valence-corrected chi connectivity index (χ2v) is 5.98. The van der Waals surface area contributed by atoms with E-state index < -0.39 is 5.91 Å². The van der Waals surface area contributed by atoms with E-state index in [0.29, 0.717) is 11.1 Å². The quantitative estimate of drug-likeness (QED) is 0.475. The minimum absolute atomic E-state index is 0.224. The number of carbonyl (C=O) groups is 2. The summed E-state index contributed by atoms with van der Waals surface area (Å²) in [7, 11) is 0. The standard InChI is InChI=1S/C20H18N4O3/c1-13-6-8-14(9-7-13)19(26)21-12-18(25)24-22-11-16-10-15-4-2-3-5-17(15)23-20(16)27/h2-11H,12H2,1H3,(H,21,26)(H,23,27)(H,24,25)/b22-11+. The van der Waals surface area contributed by atoms with Crippen molar-refractivity contribution >= 4 is 28.9 Å². The van der Waals surface area contributed by atoms with Gasteiger partial charge in [0.2, 0.25) is 0 Å². The van der Waals surface area contributed by atoms with E-state index in [4.69, 9.17) is 0 Å². The molecule has 0 aliphatic heterocycles. The molecule has 136 valence electrons. The number of nitrogens with one attached hydrogen (secondary N) is 3. The summed E-state index contributed by atoms with van der Waals surface area (Å²) in [5, 5.41) is 7.14. The zero-order valence-corrected chi connectivity index (χ0v) is 14.7. The van der Waals surface area contributed by atoms with Crippen LogP contribution < -0.4 is 16.3 Å². The number of hydrogen-bond acceptors (Lipinski definition) is 4. The van der Waals surface area contributed by atoms with Gasteiger partial charge < -0.3 is 10.3 Å². The van der Waals surface area contributed by atoms with E-state index >= 15 is 0 Å². The molecule has 27 heavy (non-hydrogen) atoms. The molecule has 0 unspecified atom stereocenters. The number of amides is 2. The van der Waals surface area contributed by atoms with Crippen molar-refractivity contribution in [2.24, 2.45) is 5.10 Å². The van der Waals surface area contributed by atoms with Gasteiger partial charge in [0.05, 0.1) is 18.3 Å². The van der Waals surface area contributed by atoms with Gasteiger partial charge in [0.15, 0.2) is 0 Å². The Balaban J connectivity index is 1.56. The zero-order chi connectivity index (χ0) is 19.2. The highest BCUT2D eigenvalue weighted by molar-refractivity contribution is 5.96. The monoisotopic (exact) mass is 362 g/mol. The van der Waals surface area contributed by atoms with Crippen LogP contribution in [0.1, 0.15) is 21.5 Å². The summed E-state index contributed by atoms with van der Waals surface area (Å²) < 4.78 is 0. The maximum absolute atomic E-state index is 12.0. The van der Waals surface area contributed by atoms with E-state index in [1.165, 1.54) is 6.21 Å². The predicted molar refractivity (Wildman–Crippen MR) is 104 cm³/mol. The highest BCUT2D eigenvalue weighted by atomic mass is 16.2. The lowest BCUT2D eigenvalue weighted by molar-refractivity contribution is -0.120. The van der Waals surface area contributed by atoms with Crippen molar-refractivity contribution < 1.29 is 9.59 Å². The fourth-order valence-electron chi connectivity index (χ4n) is 2.44. The van der Waals surface area contributed by atoms with Gasteiger partial charge >= 0.3 is 0 Å². The summed E-state index contributed by atoms with van der Waals surface area (Å²) in [5.74, 6) is -0.843. The number of rotatable bonds is 5. The largest absolute Gasteiger partial charge is 0.343 e. The minimum Gasteiger partial charge on any atom is -0.343 e. The third kappa shape index (κ3) is 4.66. The Kier molecular flexibility index (Phi) is 5.41. The molecule has 7 heteroatoms. The number of aryl methyl sites for hydroxylation is 1. The number of hydrogen-bond donors (Lipinski definition) is 3. The molecule has 0 radical (unpaired) electrons. The first-order chi connectivity index (χ1) is 13.0. The molecular formula is C20H18N4O3. The molecule has 3 rings (SSSR count). The number of aromatic nitrogens is 1. The van der Waals surface area contributed by atoms with Gasteiger partial charge in [0.1, 0.15) is 0 Å². The maximum atomic E-state index is 12.0. The summed E-state index contributed by atoms with van der Waals surface area (Å²) in [5.41, 5.74) is 4.54. The Labute approximate surface area is 155 Å². The third-order valence-corrected chi connectivity index (χ3v) is 3.90. The fraction of sp³-hybridized carbons (Fsp3) is 0.100. The number of hydrazone groups is 1. The second kappa shape index (κ2) is 8.09. The van der Waals surface area contributed by atoms with Crippen molar-refractivity contribution in [2.45, 2.75) is 6.92 Å². The summed E-state index contributed by atoms with van der Waals surface area (Å²) in [6.45, 7) is 1.70. The first-order valence-electron chi connectivity index (χ1n) is 8.32. The molecule has 0 spiro atoms. The number of nitrogens with zero attached hydrogens (tertiary/aromatic N) is 1. The predicted octanol–water partition coefficient (Wildman–Crippen LogP) is 1.72. The molecule has 0 aliphatic carbocycles. The van der Waals surface area contributed by atoms with Crippen LogP contribution in [0.3, 0.4) is 0 Å². The Morgan fingerprint density at radius 2 is 1.85 bits per heavy atom. The van der Waals surface area contributed by atoms with Gasteiger partial charge in [-0.3, -0.25) is 14.4 Å². The first kappa shape index (κ1) is 18.1. The molecular weight excluding hydrogens is 344 g/mol. The van der Waals surface area contributed by atoms with Gasteiger partial charge in [-0.2, -0.15) is 5.10 Å². The number of aromatic amines is 1.